The number of ether oxygens (including phenoxy) is 1. The maximum Gasteiger partial charge on any atom is 0.313 e. The lowest BCUT2D eigenvalue weighted by atomic mass is 9.93. The molecule has 1 N–H and O–H groups in total. The summed E-state index contributed by atoms with van der Waals surface area (Å²) in [4.78, 5) is 11.4. The summed E-state index contributed by atoms with van der Waals surface area (Å²) >= 11 is 0. The molecule has 0 aliphatic carbocycles. The molecule has 4 heteroatoms. The molecule has 0 aliphatic rings. The summed E-state index contributed by atoms with van der Waals surface area (Å²) in [7, 11) is 1.34. The number of anilines is 1. The molecule has 16 heavy (non-hydrogen) atoms. The Kier molecular flexibility index (Phi) is 3.88. The van der Waals surface area contributed by atoms with Crippen LogP contribution in [0.5, 0.6) is 0 Å². The van der Waals surface area contributed by atoms with Crippen LogP contribution in [-0.4, -0.2) is 19.6 Å². The van der Waals surface area contributed by atoms with Crippen LogP contribution in [0.2, 0.25) is 0 Å². The van der Waals surface area contributed by atoms with Gasteiger partial charge in [-0.2, -0.15) is 0 Å². The van der Waals surface area contributed by atoms with Gasteiger partial charge in [0.2, 0.25) is 0 Å². The second kappa shape index (κ2) is 4.96. The van der Waals surface area contributed by atoms with Crippen molar-refractivity contribution in [2.24, 2.45) is 5.41 Å². The van der Waals surface area contributed by atoms with E-state index in [-0.39, 0.29) is 11.8 Å². The Morgan fingerprint density at radius 1 is 1.44 bits per heavy atom. The van der Waals surface area contributed by atoms with Gasteiger partial charge in [-0.25, -0.2) is 4.39 Å². The van der Waals surface area contributed by atoms with E-state index in [1.807, 2.05) is 0 Å². The predicted octanol–water partition coefficient (Wildman–Crippen LogP) is 2.44. The molecule has 0 atom stereocenters. The van der Waals surface area contributed by atoms with Crippen molar-refractivity contribution in [3.05, 3.63) is 30.1 Å². The number of nitrogens with one attached hydrogen (secondary N) is 1. The van der Waals surface area contributed by atoms with Crippen LogP contribution in [0.15, 0.2) is 24.3 Å². The standard InChI is InChI=1S/C12H16FNO2/c1-12(2,11(15)16-3)8-14-10-7-5-4-6-9(10)13/h4-7,14H,8H2,1-3H3. The Balaban J connectivity index is 2.65. The van der Waals surface area contributed by atoms with Crippen LogP contribution < -0.4 is 5.32 Å². The number of hydrogen-bond donors (Lipinski definition) is 1. The minimum atomic E-state index is -0.684. The molecule has 1 rings (SSSR count). The fourth-order valence-electron chi connectivity index (χ4n) is 1.27. The zero-order valence-electron chi connectivity index (χ0n) is 9.71. The Morgan fingerprint density at radius 3 is 2.62 bits per heavy atom. The molecule has 0 aromatic heterocycles. The van der Waals surface area contributed by atoms with Crippen molar-refractivity contribution in [2.75, 3.05) is 19.0 Å². The fourth-order valence-corrected chi connectivity index (χ4v) is 1.27. The highest BCUT2D eigenvalue weighted by Gasteiger charge is 2.28. The van der Waals surface area contributed by atoms with E-state index in [1.54, 1.807) is 32.0 Å². The molecule has 0 aliphatic heterocycles. The van der Waals surface area contributed by atoms with Gasteiger partial charge in [0.05, 0.1) is 18.2 Å². The average molecular weight is 225 g/mol. The van der Waals surface area contributed by atoms with Crippen LogP contribution >= 0.6 is 0 Å². The molecule has 0 saturated heterocycles. The minimum Gasteiger partial charge on any atom is -0.469 e. The summed E-state index contributed by atoms with van der Waals surface area (Å²) in [6.07, 6.45) is 0. The maximum atomic E-state index is 13.3. The van der Waals surface area contributed by atoms with Crippen molar-refractivity contribution in [3.8, 4) is 0 Å². The topological polar surface area (TPSA) is 38.3 Å². The smallest absolute Gasteiger partial charge is 0.313 e. The molecule has 0 saturated carbocycles. The van der Waals surface area contributed by atoms with Gasteiger partial charge in [0.25, 0.3) is 0 Å². The number of carbonyl (C=O) groups excluding carboxylic acids is 1. The van der Waals surface area contributed by atoms with Gasteiger partial charge in [0, 0.05) is 6.54 Å². The van der Waals surface area contributed by atoms with E-state index in [0.717, 1.165) is 0 Å². The molecule has 0 fully saturated rings. The maximum absolute atomic E-state index is 13.3. The van der Waals surface area contributed by atoms with E-state index in [2.05, 4.69) is 10.1 Å². The van der Waals surface area contributed by atoms with Gasteiger partial charge < -0.3 is 10.1 Å². The Hall–Kier alpha value is -1.58. The number of methoxy groups -OCH3 is 1. The van der Waals surface area contributed by atoms with Crippen molar-refractivity contribution in [3.63, 3.8) is 0 Å². The molecular weight excluding hydrogens is 209 g/mol. The van der Waals surface area contributed by atoms with E-state index in [4.69, 9.17) is 0 Å². The van der Waals surface area contributed by atoms with Crippen molar-refractivity contribution < 1.29 is 13.9 Å². The summed E-state index contributed by atoms with van der Waals surface area (Å²) in [5, 5.41) is 2.89. The molecule has 88 valence electrons. The van der Waals surface area contributed by atoms with Gasteiger partial charge in [-0.15, -0.1) is 0 Å². The first-order chi connectivity index (χ1) is 7.47. The Labute approximate surface area is 94.6 Å². The second-order valence-corrected chi connectivity index (χ2v) is 4.21. The van der Waals surface area contributed by atoms with Crippen LogP contribution in [0.4, 0.5) is 10.1 Å². The number of rotatable bonds is 4. The quantitative estimate of drug-likeness (QED) is 0.800. The molecule has 3 nitrogen and oxygen atoms in total. The van der Waals surface area contributed by atoms with E-state index >= 15 is 0 Å². The van der Waals surface area contributed by atoms with Gasteiger partial charge in [-0.05, 0) is 26.0 Å². The summed E-state index contributed by atoms with van der Waals surface area (Å²) in [5.74, 6) is -0.653. The average Bonchev–Trinajstić information content (AvgIpc) is 2.27. The molecule has 1 aromatic rings. The van der Waals surface area contributed by atoms with Gasteiger partial charge >= 0.3 is 5.97 Å². The zero-order chi connectivity index (χ0) is 12.2. The predicted molar refractivity (Wildman–Crippen MR) is 60.7 cm³/mol. The third-order valence-electron chi connectivity index (χ3n) is 2.33. The van der Waals surface area contributed by atoms with Gasteiger partial charge in [-0.1, -0.05) is 12.1 Å². The van der Waals surface area contributed by atoms with Gasteiger partial charge in [0.15, 0.2) is 0 Å². The molecule has 0 radical (unpaired) electrons. The normalized spacial score (nSPS) is 11.0. The highest BCUT2D eigenvalue weighted by atomic mass is 19.1. The van der Waals surface area contributed by atoms with Gasteiger partial charge in [-0.3, -0.25) is 4.79 Å². The van der Waals surface area contributed by atoms with Crippen LogP contribution in [0.25, 0.3) is 0 Å². The van der Waals surface area contributed by atoms with Crippen LogP contribution in [0, 0.1) is 11.2 Å². The molecular formula is C12H16FNO2. The number of hydrogen-bond acceptors (Lipinski definition) is 3. The first-order valence-electron chi connectivity index (χ1n) is 5.04. The lowest BCUT2D eigenvalue weighted by Crippen LogP contribution is -2.33. The van der Waals surface area contributed by atoms with E-state index in [9.17, 15) is 9.18 Å². The fraction of sp³-hybridized carbons (Fsp3) is 0.417. The monoisotopic (exact) mass is 225 g/mol. The summed E-state index contributed by atoms with van der Waals surface area (Å²) in [6.45, 7) is 3.81. The second-order valence-electron chi connectivity index (χ2n) is 4.21. The van der Waals surface area contributed by atoms with E-state index < -0.39 is 5.41 Å². The van der Waals surface area contributed by atoms with E-state index in [1.165, 1.54) is 13.2 Å². The largest absolute Gasteiger partial charge is 0.469 e. The Bertz CT molecular complexity index is 377. The number of halogens is 1. The molecule has 0 bridgehead atoms. The molecule has 0 spiro atoms. The molecule has 0 unspecified atom stereocenters. The van der Waals surface area contributed by atoms with Crippen molar-refractivity contribution in [2.45, 2.75) is 13.8 Å². The third-order valence-corrected chi connectivity index (χ3v) is 2.33. The summed E-state index contributed by atoms with van der Waals surface area (Å²) in [6, 6.07) is 6.35. The highest BCUT2D eigenvalue weighted by molar-refractivity contribution is 5.76. The Morgan fingerprint density at radius 2 is 2.06 bits per heavy atom. The number of esters is 1. The molecule has 0 heterocycles. The third kappa shape index (κ3) is 2.95. The zero-order valence-corrected chi connectivity index (χ0v) is 9.71. The number of benzene rings is 1. The highest BCUT2D eigenvalue weighted by Crippen LogP contribution is 2.20. The van der Waals surface area contributed by atoms with Crippen LogP contribution in [-0.2, 0) is 9.53 Å². The number of para-hydroxylation sites is 1. The lowest BCUT2D eigenvalue weighted by Gasteiger charge is -2.22. The summed E-state index contributed by atoms with van der Waals surface area (Å²) < 4.78 is 17.9. The van der Waals surface area contributed by atoms with Crippen LogP contribution in [0.1, 0.15) is 13.8 Å². The van der Waals surface area contributed by atoms with Crippen LogP contribution in [0.3, 0.4) is 0 Å². The SMILES string of the molecule is COC(=O)C(C)(C)CNc1ccccc1F. The molecule has 0 amide bonds. The molecule has 1 aromatic carbocycles. The lowest BCUT2D eigenvalue weighted by molar-refractivity contribution is -0.149. The first-order valence-corrected chi connectivity index (χ1v) is 5.04. The van der Waals surface area contributed by atoms with Crippen molar-refractivity contribution in [1.82, 2.24) is 0 Å². The minimum absolute atomic E-state index is 0.320. The number of carbonyl (C=O) groups is 1. The van der Waals surface area contributed by atoms with Crippen molar-refractivity contribution >= 4 is 11.7 Å². The summed E-state index contributed by atoms with van der Waals surface area (Å²) in [5.41, 5.74) is -0.295. The van der Waals surface area contributed by atoms with Crippen molar-refractivity contribution in [1.29, 1.82) is 0 Å². The first kappa shape index (κ1) is 12.5. The van der Waals surface area contributed by atoms with Gasteiger partial charge in [0.1, 0.15) is 5.82 Å². The van der Waals surface area contributed by atoms with E-state index in [0.29, 0.717) is 12.2 Å².